The molecule has 2 nitrogen and oxygen atoms in total. The minimum absolute atomic E-state index is 0.252. The third-order valence-electron chi connectivity index (χ3n) is 3.12. The van der Waals surface area contributed by atoms with Gasteiger partial charge in [-0.1, -0.05) is 41.5 Å². The quantitative estimate of drug-likeness (QED) is 0.789. The summed E-state index contributed by atoms with van der Waals surface area (Å²) in [4.78, 5) is 9.04. The van der Waals surface area contributed by atoms with E-state index < -0.39 is 0 Å². The molecule has 1 heterocycles. The van der Waals surface area contributed by atoms with Gasteiger partial charge >= 0.3 is 0 Å². The molecule has 1 unspecified atom stereocenters. The molecule has 0 bridgehead atoms. The Labute approximate surface area is 106 Å². The van der Waals surface area contributed by atoms with E-state index in [9.17, 15) is 0 Å². The Morgan fingerprint density at radius 2 is 1.82 bits per heavy atom. The van der Waals surface area contributed by atoms with Crippen molar-refractivity contribution in [2.75, 3.05) is 0 Å². The second kappa shape index (κ2) is 5.61. The third kappa shape index (κ3) is 5.29. The van der Waals surface area contributed by atoms with Crippen LogP contribution in [0.1, 0.15) is 53.1 Å². The van der Waals surface area contributed by atoms with Gasteiger partial charge < -0.3 is 0 Å². The molecule has 0 N–H and O–H groups in total. The monoisotopic (exact) mass is 234 g/mol. The van der Waals surface area contributed by atoms with Gasteiger partial charge in [0.25, 0.3) is 0 Å². The van der Waals surface area contributed by atoms with Gasteiger partial charge in [0.2, 0.25) is 0 Å². The highest BCUT2D eigenvalue weighted by atomic mass is 14.9. The van der Waals surface area contributed by atoms with Crippen molar-refractivity contribution in [3.63, 3.8) is 0 Å². The summed E-state index contributed by atoms with van der Waals surface area (Å²) in [6, 6.07) is 2.05. The van der Waals surface area contributed by atoms with Gasteiger partial charge in [-0.05, 0) is 29.7 Å². The van der Waals surface area contributed by atoms with E-state index in [1.54, 1.807) is 0 Å². The van der Waals surface area contributed by atoms with E-state index in [1.807, 2.05) is 12.3 Å². The largest absolute Gasteiger partial charge is 0.241 e. The number of nitrogens with zero attached hydrogens (tertiary/aromatic N) is 2. The van der Waals surface area contributed by atoms with Crippen molar-refractivity contribution in [3.05, 3.63) is 23.8 Å². The van der Waals surface area contributed by atoms with Crippen LogP contribution in [0.3, 0.4) is 0 Å². The topological polar surface area (TPSA) is 25.8 Å². The molecule has 0 aliphatic heterocycles. The van der Waals surface area contributed by atoms with Crippen molar-refractivity contribution in [1.29, 1.82) is 0 Å². The number of hydrogen-bond donors (Lipinski definition) is 0. The molecule has 1 rings (SSSR count). The van der Waals surface area contributed by atoms with Crippen molar-refractivity contribution < 1.29 is 0 Å². The smallest absolute Gasteiger partial charge is 0.129 e. The molecule has 0 aliphatic rings. The molecule has 1 atom stereocenters. The minimum atomic E-state index is 0.252. The van der Waals surface area contributed by atoms with Crippen LogP contribution in [0.4, 0.5) is 0 Å². The third-order valence-corrected chi connectivity index (χ3v) is 3.12. The Morgan fingerprint density at radius 1 is 1.18 bits per heavy atom. The zero-order chi connectivity index (χ0) is 13.1. The van der Waals surface area contributed by atoms with Gasteiger partial charge in [-0.2, -0.15) is 0 Å². The van der Waals surface area contributed by atoms with Gasteiger partial charge in [0.1, 0.15) is 5.82 Å². The number of hydrogen-bond acceptors (Lipinski definition) is 2. The molecule has 96 valence electrons. The van der Waals surface area contributed by atoms with Gasteiger partial charge in [0.05, 0.1) is 0 Å². The minimum Gasteiger partial charge on any atom is -0.241 e. The molecule has 0 saturated carbocycles. The molecule has 17 heavy (non-hydrogen) atoms. The maximum absolute atomic E-state index is 4.67. The first kappa shape index (κ1) is 14.1. The zero-order valence-electron chi connectivity index (χ0n) is 12.1. The summed E-state index contributed by atoms with van der Waals surface area (Å²) in [5, 5.41) is 0. The predicted molar refractivity (Wildman–Crippen MR) is 72.9 cm³/mol. The fourth-order valence-electron chi connectivity index (χ4n) is 1.68. The van der Waals surface area contributed by atoms with Crippen LogP contribution in [0.5, 0.6) is 0 Å². The van der Waals surface area contributed by atoms with Crippen LogP contribution in [0.25, 0.3) is 0 Å². The SMILES string of the molecule is CC(C)C(C)Cc1ccnc(CC(C)(C)C)n1. The van der Waals surface area contributed by atoms with Crippen molar-refractivity contribution in [2.24, 2.45) is 17.3 Å². The highest BCUT2D eigenvalue weighted by Crippen LogP contribution is 2.19. The summed E-state index contributed by atoms with van der Waals surface area (Å²) in [6.07, 6.45) is 3.89. The first-order valence-corrected chi connectivity index (χ1v) is 6.59. The average Bonchev–Trinajstić information content (AvgIpc) is 2.15. The van der Waals surface area contributed by atoms with Crippen molar-refractivity contribution in [1.82, 2.24) is 9.97 Å². The Morgan fingerprint density at radius 3 is 2.35 bits per heavy atom. The second-order valence-corrected chi connectivity index (χ2v) is 6.63. The lowest BCUT2D eigenvalue weighted by molar-refractivity contribution is 0.394. The molecule has 1 aromatic rings. The molecule has 0 radical (unpaired) electrons. The lowest BCUT2D eigenvalue weighted by Gasteiger charge is -2.18. The second-order valence-electron chi connectivity index (χ2n) is 6.63. The molecule has 0 aliphatic carbocycles. The maximum atomic E-state index is 4.67. The van der Waals surface area contributed by atoms with E-state index in [4.69, 9.17) is 0 Å². The Bertz CT molecular complexity index is 350. The zero-order valence-corrected chi connectivity index (χ0v) is 12.1. The molecule has 0 aromatic carbocycles. The number of aromatic nitrogens is 2. The van der Waals surface area contributed by atoms with Crippen LogP contribution in [-0.2, 0) is 12.8 Å². The van der Waals surface area contributed by atoms with Crippen LogP contribution < -0.4 is 0 Å². The Balaban J connectivity index is 2.72. The molecular formula is C15H26N2. The first-order valence-electron chi connectivity index (χ1n) is 6.59. The molecule has 0 spiro atoms. The molecular weight excluding hydrogens is 208 g/mol. The van der Waals surface area contributed by atoms with E-state index in [0.717, 1.165) is 18.7 Å². The molecule has 1 aromatic heterocycles. The van der Waals surface area contributed by atoms with Crippen LogP contribution >= 0.6 is 0 Å². The van der Waals surface area contributed by atoms with Crippen LogP contribution in [0.2, 0.25) is 0 Å². The first-order chi connectivity index (χ1) is 7.78. The average molecular weight is 234 g/mol. The normalized spacial score (nSPS) is 14.1. The van der Waals surface area contributed by atoms with Crippen LogP contribution in [-0.4, -0.2) is 9.97 Å². The van der Waals surface area contributed by atoms with Crippen molar-refractivity contribution in [2.45, 2.75) is 54.4 Å². The van der Waals surface area contributed by atoms with Crippen LogP contribution in [0, 0.1) is 17.3 Å². The summed E-state index contributed by atoms with van der Waals surface area (Å²) >= 11 is 0. The lowest BCUT2D eigenvalue weighted by Crippen LogP contribution is -2.14. The summed E-state index contributed by atoms with van der Waals surface area (Å²) < 4.78 is 0. The predicted octanol–water partition coefficient (Wildman–Crippen LogP) is 3.90. The van der Waals surface area contributed by atoms with Gasteiger partial charge in [0, 0.05) is 18.3 Å². The van der Waals surface area contributed by atoms with Gasteiger partial charge in [-0.3, -0.25) is 0 Å². The fraction of sp³-hybridized carbons (Fsp3) is 0.733. The highest BCUT2D eigenvalue weighted by Gasteiger charge is 2.14. The molecule has 0 fully saturated rings. The van der Waals surface area contributed by atoms with E-state index in [2.05, 4.69) is 51.5 Å². The highest BCUT2D eigenvalue weighted by molar-refractivity contribution is 5.04. The summed E-state index contributed by atoms with van der Waals surface area (Å²) in [6.45, 7) is 13.5. The lowest BCUT2D eigenvalue weighted by atomic mass is 9.91. The van der Waals surface area contributed by atoms with Gasteiger partial charge in [0.15, 0.2) is 0 Å². The Kier molecular flexibility index (Phi) is 4.67. The van der Waals surface area contributed by atoms with Crippen molar-refractivity contribution >= 4 is 0 Å². The van der Waals surface area contributed by atoms with Crippen LogP contribution in [0.15, 0.2) is 12.3 Å². The van der Waals surface area contributed by atoms with Gasteiger partial charge in [-0.15, -0.1) is 0 Å². The van der Waals surface area contributed by atoms with E-state index in [1.165, 1.54) is 5.69 Å². The standard InChI is InChI=1S/C15H26N2/c1-11(2)12(3)9-13-7-8-16-14(17-13)10-15(4,5)6/h7-8,11-12H,9-10H2,1-6H3. The van der Waals surface area contributed by atoms with Gasteiger partial charge in [-0.25, -0.2) is 9.97 Å². The van der Waals surface area contributed by atoms with Crippen molar-refractivity contribution in [3.8, 4) is 0 Å². The fourth-order valence-corrected chi connectivity index (χ4v) is 1.68. The van der Waals surface area contributed by atoms with E-state index >= 15 is 0 Å². The molecule has 2 heteroatoms. The Hall–Kier alpha value is -0.920. The van der Waals surface area contributed by atoms with E-state index in [-0.39, 0.29) is 5.41 Å². The molecule has 0 amide bonds. The maximum Gasteiger partial charge on any atom is 0.129 e. The molecule has 0 saturated heterocycles. The number of rotatable bonds is 4. The summed E-state index contributed by atoms with van der Waals surface area (Å²) in [7, 11) is 0. The van der Waals surface area contributed by atoms with E-state index in [0.29, 0.717) is 11.8 Å². The summed E-state index contributed by atoms with van der Waals surface area (Å²) in [5.41, 5.74) is 1.43. The summed E-state index contributed by atoms with van der Waals surface area (Å²) in [5.74, 6) is 2.36.